The monoisotopic (exact) mass is 755 g/mol. The number of rotatable bonds is 8. The van der Waals surface area contributed by atoms with Gasteiger partial charge in [-0.1, -0.05) is 158 Å². The number of furan rings is 2. The first-order valence-corrected chi connectivity index (χ1v) is 19.9. The Hall–Kier alpha value is -7.88. The van der Waals surface area contributed by atoms with E-state index in [1.807, 2.05) is 24.3 Å². The maximum absolute atomic E-state index is 6.78. The Kier molecular flexibility index (Phi) is 8.30. The molecule has 0 aliphatic heterocycles. The molecule has 0 unspecified atom stereocenters. The third-order valence-corrected chi connectivity index (χ3v) is 11.4. The van der Waals surface area contributed by atoms with Gasteiger partial charge in [-0.05, 0) is 93.2 Å². The Morgan fingerprint density at radius 1 is 0.424 bits per heavy atom. The first kappa shape index (κ1) is 34.4. The second-order valence-electron chi connectivity index (χ2n) is 14.9. The van der Waals surface area contributed by atoms with Crippen molar-refractivity contribution in [3.05, 3.63) is 230 Å². The number of allylic oxidation sites excluding steroid dienone is 2. The van der Waals surface area contributed by atoms with Crippen molar-refractivity contribution in [1.82, 2.24) is 0 Å². The maximum atomic E-state index is 6.78. The smallest absolute Gasteiger partial charge is 0.143 e. The summed E-state index contributed by atoms with van der Waals surface area (Å²) >= 11 is 0. The van der Waals surface area contributed by atoms with Crippen LogP contribution in [0.1, 0.15) is 11.1 Å². The van der Waals surface area contributed by atoms with Gasteiger partial charge in [-0.15, -0.1) is 0 Å². The number of nitrogens with zero attached hydrogens (tertiary/aromatic N) is 1. The molecule has 11 aromatic rings. The highest BCUT2D eigenvalue weighted by Gasteiger charge is 2.22. The molecule has 0 aliphatic carbocycles. The Morgan fingerprint density at radius 3 is 1.95 bits per heavy atom. The van der Waals surface area contributed by atoms with Crippen LogP contribution in [0.2, 0.25) is 0 Å². The number of hydrogen-bond donors (Lipinski definition) is 0. The fourth-order valence-electron chi connectivity index (χ4n) is 8.64. The van der Waals surface area contributed by atoms with Gasteiger partial charge in [-0.2, -0.15) is 0 Å². The van der Waals surface area contributed by atoms with Crippen LogP contribution in [0.25, 0.3) is 82.5 Å². The quantitative estimate of drug-likeness (QED) is 0.145. The molecule has 11 rings (SSSR count). The Bertz CT molecular complexity index is 3400. The third kappa shape index (κ3) is 6.00. The summed E-state index contributed by atoms with van der Waals surface area (Å²) in [6.07, 6.45) is 3.94. The van der Waals surface area contributed by atoms with Crippen molar-refractivity contribution >= 4 is 77.3 Å². The first-order valence-electron chi connectivity index (χ1n) is 19.9. The lowest BCUT2D eigenvalue weighted by atomic mass is 9.94. The minimum absolute atomic E-state index is 0.841. The van der Waals surface area contributed by atoms with Crippen LogP contribution in [0, 0.1) is 0 Å². The molecule has 2 heterocycles. The van der Waals surface area contributed by atoms with Crippen LogP contribution in [0.4, 0.5) is 17.1 Å². The van der Waals surface area contributed by atoms with Crippen molar-refractivity contribution in [3.63, 3.8) is 0 Å². The molecular weight excluding hydrogens is 719 g/mol. The number of benzene rings is 9. The Labute approximate surface area is 342 Å². The predicted octanol–water partition coefficient (Wildman–Crippen LogP) is 16.1. The number of fused-ring (bicyclic) bond motifs is 7. The van der Waals surface area contributed by atoms with E-state index >= 15 is 0 Å². The predicted molar refractivity (Wildman–Crippen MR) is 248 cm³/mol. The van der Waals surface area contributed by atoms with Gasteiger partial charge in [-0.25, -0.2) is 0 Å². The Balaban J connectivity index is 1.06. The van der Waals surface area contributed by atoms with Gasteiger partial charge >= 0.3 is 0 Å². The highest BCUT2D eigenvalue weighted by atomic mass is 16.3. The lowest BCUT2D eigenvalue weighted by Crippen LogP contribution is -2.11. The van der Waals surface area contributed by atoms with E-state index in [9.17, 15) is 0 Å². The molecule has 2 aromatic heterocycles. The minimum Gasteiger partial charge on any atom is -0.456 e. The number of hydrogen-bond acceptors (Lipinski definition) is 3. The molecule has 0 saturated heterocycles. The molecule has 0 saturated carbocycles. The number of anilines is 3. The van der Waals surface area contributed by atoms with Crippen LogP contribution in [-0.2, 0) is 0 Å². The van der Waals surface area contributed by atoms with Gasteiger partial charge in [0, 0.05) is 50.1 Å². The van der Waals surface area contributed by atoms with Gasteiger partial charge in [-0.3, -0.25) is 0 Å². The SMILES string of the molecule is C=C/C=C(\c1ccccc1)c1cccc(-c2ccc(N(c3ccc4c(c3)oc3ccccc34)c3ccccc3-c3cccc4c3oc3cc5ccccc5cc34)cc2)c1. The molecule has 59 heavy (non-hydrogen) atoms. The van der Waals surface area contributed by atoms with Gasteiger partial charge in [0.05, 0.1) is 5.69 Å². The van der Waals surface area contributed by atoms with Crippen molar-refractivity contribution < 1.29 is 8.83 Å². The molecule has 0 N–H and O–H groups in total. The molecule has 0 fully saturated rings. The summed E-state index contributed by atoms with van der Waals surface area (Å²) in [6.45, 7) is 4.00. The molecule has 3 heteroatoms. The zero-order valence-electron chi connectivity index (χ0n) is 32.2. The summed E-state index contributed by atoms with van der Waals surface area (Å²) in [6, 6.07) is 70.8. The highest BCUT2D eigenvalue weighted by Crippen LogP contribution is 2.46. The average molecular weight is 756 g/mol. The van der Waals surface area contributed by atoms with Crippen molar-refractivity contribution in [2.45, 2.75) is 0 Å². The second kappa shape index (κ2) is 14.3. The summed E-state index contributed by atoms with van der Waals surface area (Å²) < 4.78 is 13.2. The molecule has 0 bridgehead atoms. The van der Waals surface area contributed by atoms with E-state index in [0.717, 1.165) is 105 Å². The van der Waals surface area contributed by atoms with Crippen molar-refractivity contribution in [2.24, 2.45) is 0 Å². The van der Waals surface area contributed by atoms with Crippen LogP contribution in [0.5, 0.6) is 0 Å². The summed E-state index contributed by atoms with van der Waals surface area (Å²) in [5.41, 5.74) is 14.3. The van der Waals surface area contributed by atoms with E-state index in [-0.39, 0.29) is 0 Å². The van der Waals surface area contributed by atoms with E-state index < -0.39 is 0 Å². The van der Waals surface area contributed by atoms with E-state index in [2.05, 4.69) is 200 Å². The minimum atomic E-state index is 0.841. The first-order chi connectivity index (χ1) is 29.2. The molecule has 0 radical (unpaired) electrons. The fourth-order valence-corrected chi connectivity index (χ4v) is 8.64. The normalized spacial score (nSPS) is 11.9. The average Bonchev–Trinajstić information content (AvgIpc) is 3.86. The third-order valence-electron chi connectivity index (χ3n) is 11.4. The summed E-state index contributed by atoms with van der Waals surface area (Å²) in [5, 5.41) is 6.76. The van der Waals surface area contributed by atoms with Crippen LogP contribution < -0.4 is 4.90 Å². The van der Waals surface area contributed by atoms with E-state index in [1.165, 1.54) is 5.39 Å². The second-order valence-corrected chi connectivity index (χ2v) is 14.9. The van der Waals surface area contributed by atoms with Crippen molar-refractivity contribution in [3.8, 4) is 22.3 Å². The van der Waals surface area contributed by atoms with Gasteiger partial charge in [0.15, 0.2) is 0 Å². The van der Waals surface area contributed by atoms with Crippen molar-refractivity contribution in [2.75, 3.05) is 4.90 Å². The molecule has 3 nitrogen and oxygen atoms in total. The van der Waals surface area contributed by atoms with Crippen LogP contribution in [0.3, 0.4) is 0 Å². The van der Waals surface area contributed by atoms with Crippen molar-refractivity contribution in [1.29, 1.82) is 0 Å². The van der Waals surface area contributed by atoms with Gasteiger partial charge in [0.2, 0.25) is 0 Å². The zero-order valence-corrected chi connectivity index (χ0v) is 32.2. The van der Waals surface area contributed by atoms with Gasteiger partial charge in [0.1, 0.15) is 22.3 Å². The van der Waals surface area contributed by atoms with E-state index in [4.69, 9.17) is 8.83 Å². The standard InChI is InChI=1S/C56H37NO2/c1-2-14-45(38-15-4-3-5-16-38)42-20-12-19-39(33-42)37-27-29-43(30-28-37)57(44-31-32-48-47-22-9-11-26-53(47)58-55(48)36-44)52-25-10-8-21-46(52)49-23-13-24-50-51-34-40-17-6-7-18-41(40)35-54(51)59-56(49)50/h2-36H,1H2/b45-14+. The number of para-hydroxylation sites is 3. The lowest BCUT2D eigenvalue weighted by molar-refractivity contribution is 0.669. The van der Waals surface area contributed by atoms with E-state index in [1.54, 1.807) is 0 Å². The summed E-state index contributed by atoms with van der Waals surface area (Å²) in [4.78, 5) is 2.33. The fraction of sp³-hybridized carbons (Fsp3) is 0. The molecule has 0 spiro atoms. The molecule has 0 atom stereocenters. The van der Waals surface area contributed by atoms with E-state index in [0.29, 0.717) is 0 Å². The molecule has 9 aromatic carbocycles. The highest BCUT2D eigenvalue weighted by molar-refractivity contribution is 6.14. The zero-order chi connectivity index (χ0) is 39.3. The van der Waals surface area contributed by atoms with Gasteiger partial charge in [0.25, 0.3) is 0 Å². The topological polar surface area (TPSA) is 29.5 Å². The van der Waals surface area contributed by atoms with Crippen LogP contribution in [0.15, 0.2) is 228 Å². The molecule has 0 amide bonds. The summed E-state index contributed by atoms with van der Waals surface area (Å²) in [5.74, 6) is 0. The Morgan fingerprint density at radius 2 is 1.08 bits per heavy atom. The largest absolute Gasteiger partial charge is 0.456 e. The molecule has 278 valence electrons. The van der Waals surface area contributed by atoms with Crippen LogP contribution in [-0.4, -0.2) is 0 Å². The van der Waals surface area contributed by atoms with Gasteiger partial charge < -0.3 is 13.7 Å². The molecular formula is C56H37NO2. The maximum Gasteiger partial charge on any atom is 0.143 e. The summed E-state index contributed by atoms with van der Waals surface area (Å²) in [7, 11) is 0. The van der Waals surface area contributed by atoms with Crippen LogP contribution >= 0.6 is 0 Å². The lowest BCUT2D eigenvalue weighted by Gasteiger charge is -2.28. The molecule has 0 aliphatic rings.